The van der Waals surface area contributed by atoms with Gasteiger partial charge < -0.3 is 14.6 Å². The van der Waals surface area contributed by atoms with Crippen LogP contribution in [0.1, 0.15) is 17.4 Å². The molecule has 2 aromatic rings. The van der Waals surface area contributed by atoms with Crippen LogP contribution >= 0.6 is 15.9 Å². The van der Waals surface area contributed by atoms with Crippen molar-refractivity contribution >= 4 is 15.9 Å². The largest absolute Gasteiger partial charge is 0.369 e. The molecule has 2 heterocycles. The summed E-state index contributed by atoms with van der Waals surface area (Å²) in [4.78, 5) is 4.26. The average molecular weight is 322 g/mol. The topological polar surface area (TPSA) is 39.1 Å². The van der Waals surface area contributed by atoms with E-state index < -0.39 is 0 Å². The Balaban J connectivity index is 1.77. The minimum atomic E-state index is 0.103. The second-order valence-electron chi connectivity index (χ2n) is 4.64. The van der Waals surface area contributed by atoms with Crippen LogP contribution in [0.2, 0.25) is 0 Å². The molecule has 1 atom stereocenters. The predicted molar refractivity (Wildman–Crippen MR) is 77.0 cm³/mol. The lowest BCUT2D eigenvalue weighted by Gasteiger charge is -2.24. The Labute approximate surface area is 120 Å². The molecule has 1 aromatic heterocycles. The smallest absolute Gasteiger partial charge is 0.111 e. The van der Waals surface area contributed by atoms with E-state index in [1.807, 2.05) is 12.5 Å². The third-order valence-electron chi connectivity index (χ3n) is 3.27. The van der Waals surface area contributed by atoms with Crippen molar-refractivity contribution in [3.8, 4) is 0 Å². The molecule has 19 heavy (non-hydrogen) atoms. The summed E-state index contributed by atoms with van der Waals surface area (Å²) in [6.45, 7) is 3.36. The van der Waals surface area contributed by atoms with Crippen LogP contribution in [0.25, 0.3) is 0 Å². The first-order valence-corrected chi connectivity index (χ1v) is 7.19. The Kier molecular flexibility index (Phi) is 3.96. The SMILES string of the molecule is Brc1ccc(Cn2cncc2C2CNCCO2)cc1. The first kappa shape index (κ1) is 12.8. The molecule has 1 unspecified atom stereocenters. The highest BCUT2D eigenvalue weighted by atomic mass is 79.9. The molecule has 100 valence electrons. The molecule has 1 N–H and O–H groups in total. The van der Waals surface area contributed by atoms with Gasteiger partial charge in [-0.2, -0.15) is 0 Å². The normalized spacial score (nSPS) is 19.5. The van der Waals surface area contributed by atoms with Gasteiger partial charge in [0.15, 0.2) is 0 Å². The van der Waals surface area contributed by atoms with Gasteiger partial charge in [0, 0.05) is 24.1 Å². The van der Waals surface area contributed by atoms with E-state index in [0.29, 0.717) is 0 Å². The van der Waals surface area contributed by atoms with E-state index in [1.165, 1.54) is 5.56 Å². The number of aromatic nitrogens is 2. The Morgan fingerprint density at radius 1 is 1.37 bits per heavy atom. The molecular weight excluding hydrogens is 306 g/mol. The summed E-state index contributed by atoms with van der Waals surface area (Å²) >= 11 is 3.45. The number of ether oxygens (including phenoxy) is 1. The van der Waals surface area contributed by atoms with Gasteiger partial charge in [-0.15, -0.1) is 0 Å². The summed E-state index contributed by atoms with van der Waals surface area (Å²) in [5.74, 6) is 0. The zero-order valence-corrected chi connectivity index (χ0v) is 12.1. The van der Waals surface area contributed by atoms with Crippen molar-refractivity contribution in [1.82, 2.24) is 14.9 Å². The number of hydrogen-bond acceptors (Lipinski definition) is 3. The number of imidazole rings is 1. The summed E-state index contributed by atoms with van der Waals surface area (Å²) in [5, 5.41) is 3.35. The van der Waals surface area contributed by atoms with Crippen molar-refractivity contribution in [2.24, 2.45) is 0 Å². The second-order valence-corrected chi connectivity index (χ2v) is 5.55. The third kappa shape index (κ3) is 3.05. The van der Waals surface area contributed by atoms with Gasteiger partial charge in [-0.25, -0.2) is 4.98 Å². The summed E-state index contributed by atoms with van der Waals surface area (Å²) < 4.78 is 9.04. The summed E-state index contributed by atoms with van der Waals surface area (Å²) in [5.41, 5.74) is 2.39. The molecule has 1 saturated heterocycles. The number of nitrogens with zero attached hydrogens (tertiary/aromatic N) is 2. The van der Waals surface area contributed by atoms with Gasteiger partial charge >= 0.3 is 0 Å². The maximum atomic E-state index is 5.79. The lowest BCUT2D eigenvalue weighted by atomic mass is 10.2. The highest BCUT2D eigenvalue weighted by Gasteiger charge is 2.19. The van der Waals surface area contributed by atoms with Crippen molar-refractivity contribution in [3.05, 3.63) is 52.5 Å². The molecular formula is C14H16BrN3O. The standard InChI is InChI=1S/C14H16BrN3O/c15-12-3-1-11(2-4-12)9-18-10-17-7-13(18)14-8-16-5-6-19-14/h1-4,7,10,14,16H,5-6,8-9H2. The first-order valence-electron chi connectivity index (χ1n) is 6.40. The molecule has 0 aliphatic carbocycles. The minimum absolute atomic E-state index is 0.103. The van der Waals surface area contributed by atoms with Crippen molar-refractivity contribution in [2.75, 3.05) is 19.7 Å². The van der Waals surface area contributed by atoms with Gasteiger partial charge in [0.25, 0.3) is 0 Å². The quantitative estimate of drug-likeness (QED) is 0.943. The van der Waals surface area contributed by atoms with E-state index in [-0.39, 0.29) is 6.10 Å². The van der Waals surface area contributed by atoms with E-state index in [4.69, 9.17) is 4.74 Å². The van der Waals surface area contributed by atoms with Gasteiger partial charge in [-0.05, 0) is 17.7 Å². The number of nitrogens with one attached hydrogen (secondary N) is 1. The fourth-order valence-electron chi connectivity index (χ4n) is 2.27. The lowest BCUT2D eigenvalue weighted by molar-refractivity contribution is 0.0230. The van der Waals surface area contributed by atoms with Crippen LogP contribution < -0.4 is 5.32 Å². The molecule has 1 aliphatic rings. The van der Waals surface area contributed by atoms with E-state index in [2.05, 4.69) is 55.1 Å². The van der Waals surface area contributed by atoms with E-state index in [1.54, 1.807) is 0 Å². The Morgan fingerprint density at radius 2 is 2.21 bits per heavy atom. The maximum absolute atomic E-state index is 5.79. The third-order valence-corrected chi connectivity index (χ3v) is 3.80. The number of rotatable bonds is 3. The monoisotopic (exact) mass is 321 g/mol. The zero-order chi connectivity index (χ0) is 13.1. The molecule has 1 aliphatic heterocycles. The maximum Gasteiger partial charge on any atom is 0.111 e. The fourth-order valence-corrected chi connectivity index (χ4v) is 2.54. The number of hydrogen-bond donors (Lipinski definition) is 1. The van der Waals surface area contributed by atoms with Crippen LogP contribution in [0.15, 0.2) is 41.3 Å². The average Bonchev–Trinajstić information content (AvgIpc) is 2.90. The van der Waals surface area contributed by atoms with Crippen LogP contribution in [0.4, 0.5) is 0 Å². The highest BCUT2D eigenvalue weighted by molar-refractivity contribution is 9.10. The highest BCUT2D eigenvalue weighted by Crippen LogP contribution is 2.20. The van der Waals surface area contributed by atoms with Crippen LogP contribution in [-0.2, 0) is 11.3 Å². The minimum Gasteiger partial charge on any atom is -0.369 e. The van der Waals surface area contributed by atoms with Crippen molar-refractivity contribution in [2.45, 2.75) is 12.6 Å². The molecule has 1 fully saturated rings. The zero-order valence-electron chi connectivity index (χ0n) is 10.6. The first-order chi connectivity index (χ1) is 9.33. The van der Waals surface area contributed by atoms with Crippen LogP contribution in [-0.4, -0.2) is 29.2 Å². The molecule has 3 rings (SSSR count). The molecule has 0 saturated carbocycles. The van der Waals surface area contributed by atoms with Crippen molar-refractivity contribution < 1.29 is 4.74 Å². The van der Waals surface area contributed by atoms with Gasteiger partial charge in [0.05, 0.1) is 24.8 Å². The Morgan fingerprint density at radius 3 is 2.95 bits per heavy atom. The van der Waals surface area contributed by atoms with Gasteiger partial charge in [-0.1, -0.05) is 28.1 Å². The number of morpholine rings is 1. The van der Waals surface area contributed by atoms with Crippen LogP contribution in [0, 0.1) is 0 Å². The molecule has 0 radical (unpaired) electrons. The summed E-state index contributed by atoms with van der Waals surface area (Å²) in [6, 6.07) is 8.36. The molecule has 5 heteroatoms. The molecule has 1 aromatic carbocycles. The van der Waals surface area contributed by atoms with Crippen molar-refractivity contribution in [3.63, 3.8) is 0 Å². The second kappa shape index (κ2) is 5.86. The van der Waals surface area contributed by atoms with Crippen molar-refractivity contribution in [1.29, 1.82) is 0 Å². The van der Waals surface area contributed by atoms with Gasteiger partial charge in [0.1, 0.15) is 6.10 Å². The summed E-state index contributed by atoms with van der Waals surface area (Å²) in [7, 11) is 0. The van der Waals surface area contributed by atoms with E-state index in [0.717, 1.165) is 36.4 Å². The molecule has 0 amide bonds. The Hall–Kier alpha value is -1.17. The van der Waals surface area contributed by atoms with Gasteiger partial charge in [0.2, 0.25) is 0 Å². The number of halogens is 1. The predicted octanol–water partition coefficient (Wildman–Crippen LogP) is 2.35. The summed E-state index contributed by atoms with van der Waals surface area (Å²) in [6.07, 6.45) is 3.87. The van der Waals surface area contributed by atoms with Crippen LogP contribution in [0.3, 0.4) is 0 Å². The molecule has 4 nitrogen and oxygen atoms in total. The lowest BCUT2D eigenvalue weighted by Crippen LogP contribution is -2.34. The molecule has 0 bridgehead atoms. The molecule has 0 spiro atoms. The van der Waals surface area contributed by atoms with Gasteiger partial charge in [-0.3, -0.25) is 0 Å². The van der Waals surface area contributed by atoms with E-state index in [9.17, 15) is 0 Å². The van der Waals surface area contributed by atoms with E-state index >= 15 is 0 Å². The van der Waals surface area contributed by atoms with Crippen LogP contribution in [0.5, 0.6) is 0 Å². The Bertz CT molecular complexity index is 532. The number of benzene rings is 1. The fraction of sp³-hybridized carbons (Fsp3) is 0.357.